The molecular formula is C26H30F2N3O10P. The van der Waals surface area contributed by atoms with Gasteiger partial charge in [0.1, 0.15) is 24.0 Å². The molecule has 0 amide bonds. The summed E-state index contributed by atoms with van der Waals surface area (Å²) in [7, 11) is -4.76. The van der Waals surface area contributed by atoms with Crippen LogP contribution in [0.3, 0.4) is 0 Å². The Hall–Kier alpha value is -3.46. The molecule has 0 radical (unpaired) electrons. The van der Waals surface area contributed by atoms with Crippen LogP contribution in [0.4, 0.5) is 8.78 Å². The minimum Gasteiger partial charge on any atom is -0.462 e. The number of esters is 1. The Labute approximate surface area is 237 Å². The summed E-state index contributed by atoms with van der Waals surface area (Å²) in [5.41, 5.74) is -4.93. The van der Waals surface area contributed by atoms with Crippen LogP contribution in [0.5, 0.6) is 5.75 Å². The highest BCUT2D eigenvalue weighted by atomic mass is 31.2. The van der Waals surface area contributed by atoms with Crippen molar-refractivity contribution in [1.29, 1.82) is 0 Å². The van der Waals surface area contributed by atoms with Crippen molar-refractivity contribution in [2.24, 2.45) is 0 Å². The zero-order valence-electron chi connectivity index (χ0n) is 22.7. The second-order valence-corrected chi connectivity index (χ2v) is 11.6. The standard InChI is InChI=1S/C26H30F2N3O10P/c1-14(2)39-23(35)15(3)30-42(37,41-18-10-6-8-16-7-4-5-9-17(16)18)38-13-26(24(27)28)21(34)20(33)22(40-26)31-12-11-19(32)29-25(31)36/h4-12,14-15,20-22,24,33-34H,13H2,1-3H3,(H,30,37)(H,29,32,36)/t15-,20+,21-,22+,26+,42-/m0/s1. The van der Waals surface area contributed by atoms with E-state index < -0.39 is 74.2 Å². The predicted molar refractivity (Wildman–Crippen MR) is 144 cm³/mol. The molecule has 1 saturated heterocycles. The van der Waals surface area contributed by atoms with Crippen LogP contribution >= 0.6 is 7.75 Å². The molecule has 0 bridgehead atoms. The predicted octanol–water partition coefficient (Wildman–Crippen LogP) is 2.08. The van der Waals surface area contributed by atoms with Crippen LogP contribution in [0.25, 0.3) is 10.8 Å². The number of rotatable bonds is 11. The molecule has 42 heavy (non-hydrogen) atoms. The normalized spacial score (nSPS) is 24.5. The molecule has 16 heteroatoms. The number of aromatic nitrogens is 2. The monoisotopic (exact) mass is 613 g/mol. The molecule has 6 atom stereocenters. The number of halogens is 2. The number of fused-ring (bicyclic) bond motifs is 1. The van der Waals surface area contributed by atoms with Gasteiger partial charge in [-0.3, -0.25) is 23.7 Å². The fourth-order valence-corrected chi connectivity index (χ4v) is 5.88. The van der Waals surface area contributed by atoms with E-state index in [4.69, 9.17) is 18.5 Å². The number of benzene rings is 2. The molecule has 1 aliphatic rings. The number of ether oxygens (including phenoxy) is 2. The van der Waals surface area contributed by atoms with E-state index in [0.717, 1.165) is 12.3 Å². The fourth-order valence-electron chi connectivity index (χ4n) is 4.33. The summed E-state index contributed by atoms with van der Waals surface area (Å²) in [6, 6.07) is 11.2. The highest BCUT2D eigenvalue weighted by molar-refractivity contribution is 7.52. The zero-order chi connectivity index (χ0) is 30.8. The Morgan fingerprint density at radius 2 is 1.83 bits per heavy atom. The summed E-state index contributed by atoms with van der Waals surface area (Å²) in [6.45, 7) is 3.14. The molecule has 0 saturated carbocycles. The van der Waals surface area contributed by atoms with Gasteiger partial charge in [0.2, 0.25) is 0 Å². The SMILES string of the molecule is CC(C)OC(=O)[C@H](C)N[P@](=O)(OC[C@@]1(C(F)F)O[C@@H](n2ccc(=O)[nH]c2=O)[C@H](O)[C@@H]1O)Oc1cccc2ccccc12. The van der Waals surface area contributed by atoms with Crippen molar-refractivity contribution in [3.05, 3.63) is 75.6 Å². The maximum absolute atomic E-state index is 14.6. The van der Waals surface area contributed by atoms with Gasteiger partial charge in [0.25, 0.3) is 12.0 Å². The third-order valence-electron chi connectivity index (χ3n) is 6.44. The Morgan fingerprint density at radius 3 is 2.50 bits per heavy atom. The first-order valence-corrected chi connectivity index (χ1v) is 14.3. The van der Waals surface area contributed by atoms with E-state index in [-0.39, 0.29) is 5.75 Å². The summed E-state index contributed by atoms with van der Waals surface area (Å²) >= 11 is 0. The highest BCUT2D eigenvalue weighted by Gasteiger charge is 2.61. The quantitative estimate of drug-likeness (QED) is 0.184. The van der Waals surface area contributed by atoms with Gasteiger partial charge in [-0.05, 0) is 32.2 Å². The van der Waals surface area contributed by atoms with E-state index in [9.17, 15) is 37.9 Å². The number of aliphatic hydroxyl groups is 2. The van der Waals surface area contributed by atoms with Crippen LogP contribution in [0.2, 0.25) is 0 Å². The number of carbonyl (C=O) groups is 1. The molecule has 0 unspecified atom stereocenters. The first kappa shape index (κ1) is 31.5. The highest BCUT2D eigenvalue weighted by Crippen LogP contribution is 2.50. The lowest BCUT2D eigenvalue weighted by Gasteiger charge is -2.32. The van der Waals surface area contributed by atoms with Gasteiger partial charge in [-0.2, -0.15) is 5.09 Å². The first-order valence-electron chi connectivity index (χ1n) is 12.8. The lowest BCUT2D eigenvalue weighted by atomic mass is 9.96. The third kappa shape index (κ3) is 6.46. The molecule has 1 fully saturated rings. The molecule has 2 heterocycles. The minimum absolute atomic E-state index is 0.0186. The lowest BCUT2D eigenvalue weighted by Crippen LogP contribution is -2.53. The van der Waals surface area contributed by atoms with E-state index in [2.05, 4.69) is 5.09 Å². The number of aromatic amines is 1. The van der Waals surface area contributed by atoms with Gasteiger partial charge in [-0.1, -0.05) is 36.4 Å². The molecule has 0 spiro atoms. The van der Waals surface area contributed by atoms with Gasteiger partial charge in [-0.25, -0.2) is 18.1 Å². The zero-order valence-corrected chi connectivity index (χ0v) is 23.6. The van der Waals surface area contributed by atoms with Gasteiger partial charge in [0, 0.05) is 17.6 Å². The number of aliphatic hydroxyl groups excluding tert-OH is 2. The Bertz CT molecular complexity index is 1590. The Kier molecular flexibility index (Phi) is 9.30. The number of hydrogen-bond acceptors (Lipinski definition) is 10. The molecule has 4 rings (SSSR count). The summed E-state index contributed by atoms with van der Waals surface area (Å²) in [5.74, 6) is -0.825. The summed E-state index contributed by atoms with van der Waals surface area (Å²) in [6.07, 6.45) is -9.54. The Balaban J connectivity index is 1.68. The average molecular weight is 614 g/mol. The van der Waals surface area contributed by atoms with E-state index in [0.29, 0.717) is 15.3 Å². The Morgan fingerprint density at radius 1 is 1.14 bits per heavy atom. The van der Waals surface area contributed by atoms with Crippen LogP contribution in [-0.4, -0.2) is 68.7 Å². The topological polar surface area (TPSA) is 178 Å². The number of carbonyl (C=O) groups excluding carboxylic acids is 1. The van der Waals surface area contributed by atoms with Gasteiger partial charge in [0.05, 0.1) is 12.7 Å². The second-order valence-electron chi connectivity index (χ2n) is 9.89. The molecule has 228 valence electrons. The molecule has 1 aromatic heterocycles. The number of H-pyrrole nitrogens is 1. The van der Waals surface area contributed by atoms with Gasteiger partial charge < -0.3 is 24.2 Å². The largest absolute Gasteiger partial charge is 0.462 e. The van der Waals surface area contributed by atoms with Gasteiger partial charge in [-0.15, -0.1) is 0 Å². The van der Waals surface area contributed by atoms with E-state index >= 15 is 0 Å². The van der Waals surface area contributed by atoms with Crippen molar-refractivity contribution in [2.75, 3.05) is 6.61 Å². The average Bonchev–Trinajstić information content (AvgIpc) is 3.18. The molecule has 4 N–H and O–H groups in total. The molecule has 0 aliphatic carbocycles. The van der Waals surface area contributed by atoms with Crippen molar-refractivity contribution in [3.63, 3.8) is 0 Å². The van der Waals surface area contributed by atoms with E-state index in [1.54, 1.807) is 50.2 Å². The first-order chi connectivity index (χ1) is 19.8. The van der Waals surface area contributed by atoms with Crippen LogP contribution < -0.4 is 20.9 Å². The van der Waals surface area contributed by atoms with Crippen molar-refractivity contribution in [3.8, 4) is 5.75 Å². The smallest absolute Gasteiger partial charge is 0.459 e. The third-order valence-corrected chi connectivity index (χ3v) is 8.05. The van der Waals surface area contributed by atoms with Crippen molar-refractivity contribution in [2.45, 2.75) is 63.4 Å². The molecule has 3 aromatic rings. The summed E-state index contributed by atoms with van der Waals surface area (Å²) in [4.78, 5) is 38.1. The van der Waals surface area contributed by atoms with E-state index in [1.165, 1.54) is 13.0 Å². The maximum Gasteiger partial charge on any atom is 0.459 e. The van der Waals surface area contributed by atoms with Crippen LogP contribution in [0, 0.1) is 0 Å². The fraction of sp³-hybridized carbons (Fsp3) is 0.423. The number of alkyl halides is 2. The van der Waals surface area contributed by atoms with Crippen LogP contribution in [-0.2, 0) is 23.4 Å². The summed E-state index contributed by atoms with van der Waals surface area (Å²) < 4.78 is 65.4. The minimum atomic E-state index is -4.76. The molecule has 2 aromatic carbocycles. The van der Waals surface area contributed by atoms with Gasteiger partial charge >= 0.3 is 19.4 Å². The van der Waals surface area contributed by atoms with Crippen LogP contribution in [0.1, 0.15) is 27.0 Å². The number of nitrogens with one attached hydrogen (secondary N) is 2. The summed E-state index contributed by atoms with van der Waals surface area (Å²) in [5, 5.41) is 24.8. The van der Waals surface area contributed by atoms with Crippen molar-refractivity contribution < 1.29 is 46.9 Å². The van der Waals surface area contributed by atoms with Crippen molar-refractivity contribution in [1.82, 2.24) is 14.6 Å². The molecule has 1 aliphatic heterocycles. The van der Waals surface area contributed by atoms with Crippen LogP contribution in [0.15, 0.2) is 64.3 Å². The second kappa shape index (κ2) is 12.4. The molecule has 13 nitrogen and oxygen atoms in total. The van der Waals surface area contributed by atoms with Crippen molar-refractivity contribution >= 4 is 24.5 Å². The number of hydrogen-bond donors (Lipinski definition) is 4. The molecular weight excluding hydrogens is 583 g/mol. The maximum atomic E-state index is 14.6. The number of nitrogens with zero attached hydrogens (tertiary/aromatic N) is 1. The van der Waals surface area contributed by atoms with Gasteiger partial charge in [0.15, 0.2) is 11.8 Å². The van der Waals surface area contributed by atoms with E-state index in [1.807, 2.05) is 4.98 Å². The lowest BCUT2D eigenvalue weighted by molar-refractivity contribution is -0.192.